The van der Waals surface area contributed by atoms with Crippen LogP contribution in [0.4, 0.5) is 0 Å². The Hall–Kier alpha value is -2.41. The summed E-state index contributed by atoms with van der Waals surface area (Å²) in [5.41, 5.74) is 1.61. The van der Waals surface area contributed by atoms with E-state index in [1.165, 1.54) is 77.0 Å². The topological polar surface area (TPSA) is 82.4 Å². The SMILES string of the molecule is CCCCCCCCCCCCCCN1CCN(C(=O)c2cccc(Cc3noc(=O)[nH]3)c2)CC1. The molecule has 1 N–H and O–H groups in total. The van der Waals surface area contributed by atoms with Gasteiger partial charge in [0.05, 0.1) is 0 Å². The van der Waals surface area contributed by atoms with Crippen LogP contribution in [0.15, 0.2) is 33.6 Å². The summed E-state index contributed by atoms with van der Waals surface area (Å²) < 4.78 is 4.55. The highest BCUT2D eigenvalue weighted by atomic mass is 16.5. The third-order valence-corrected chi connectivity index (χ3v) is 7.02. The van der Waals surface area contributed by atoms with Crippen LogP contribution < -0.4 is 5.76 Å². The van der Waals surface area contributed by atoms with Crippen LogP contribution in [0.5, 0.6) is 0 Å². The first-order valence-corrected chi connectivity index (χ1v) is 13.8. The predicted octanol–water partition coefficient (Wildman–Crippen LogP) is 5.41. The van der Waals surface area contributed by atoms with E-state index >= 15 is 0 Å². The highest BCUT2D eigenvalue weighted by Crippen LogP contribution is 2.15. The molecular formula is C28H44N4O3. The Kier molecular flexibility index (Phi) is 12.1. The van der Waals surface area contributed by atoms with Crippen molar-refractivity contribution in [1.82, 2.24) is 19.9 Å². The van der Waals surface area contributed by atoms with Crippen molar-refractivity contribution < 1.29 is 9.32 Å². The van der Waals surface area contributed by atoms with Crippen molar-refractivity contribution in [3.8, 4) is 0 Å². The van der Waals surface area contributed by atoms with Crippen molar-refractivity contribution in [3.05, 3.63) is 51.8 Å². The van der Waals surface area contributed by atoms with Crippen LogP contribution in [0.1, 0.15) is 106 Å². The van der Waals surface area contributed by atoms with E-state index in [0.29, 0.717) is 17.8 Å². The van der Waals surface area contributed by atoms with Gasteiger partial charge in [-0.2, -0.15) is 0 Å². The number of hydrogen-bond donors (Lipinski definition) is 1. The Bertz CT molecular complexity index is 915. The quantitative estimate of drug-likeness (QED) is 0.322. The summed E-state index contributed by atoms with van der Waals surface area (Å²) >= 11 is 0. The van der Waals surface area contributed by atoms with Gasteiger partial charge in [-0.05, 0) is 30.7 Å². The molecule has 0 spiro atoms. The molecule has 1 aromatic carbocycles. The highest BCUT2D eigenvalue weighted by molar-refractivity contribution is 5.94. The van der Waals surface area contributed by atoms with Gasteiger partial charge in [0.1, 0.15) is 0 Å². The molecule has 1 amide bonds. The van der Waals surface area contributed by atoms with E-state index in [-0.39, 0.29) is 5.91 Å². The second kappa shape index (κ2) is 15.6. The van der Waals surface area contributed by atoms with Crippen LogP contribution in [-0.4, -0.2) is 58.6 Å². The average molecular weight is 485 g/mol. The van der Waals surface area contributed by atoms with Crippen LogP contribution in [-0.2, 0) is 6.42 Å². The minimum Gasteiger partial charge on any atom is -0.336 e. The largest absolute Gasteiger partial charge is 0.438 e. The average Bonchev–Trinajstić information content (AvgIpc) is 3.29. The molecule has 194 valence electrons. The molecule has 7 heteroatoms. The summed E-state index contributed by atoms with van der Waals surface area (Å²) in [7, 11) is 0. The predicted molar refractivity (Wildman–Crippen MR) is 140 cm³/mol. The molecule has 1 saturated heterocycles. The number of benzene rings is 1. The number of nitrogens with zero attached hydrogens (tertiary/aromatic N) is 3. The van der Waals surface area contributed by atoms with Crippen molar-refractivity contribution in [3.63, 3.8) is 0 Å². The second-order valence-corrected chi connectivity index (χ2v) is 9.94. The van der Waals surface area contributed by atoms with E-state index < -0.39 is 5.76 Å². The number of carbonyl (C=O) groups excluding carboxylic acids is 1. The van der Waals surface area contributed by atoms with Gasteiger partial charge in [0.15, 0.2) is 5.82 Å². The Labute approximate surface area is 210 Å². The first-order valence-electron chi connectivity index (χ1n) is 13.8. The Morgan fingerprint density at radius 1 is 0.914 bits per heavy atom. The fraction of sp³-hybridized carbons (Fsp3) is 0.679. The van der Waals surface area contributed by atoms with Crippen LogP contribution in [0.25, 0.3) is 0 Å². The molecule has 2 aromatic rings. The number of rotatable bonds is 16. The smallest absolute Gasteiger partial charge is 0.336 e. The molecule has 0 atom stereocenters. The minimum atomic E-state index is -0.561. The number of H-pyrrole nitrogens is 1. The van der Waals surface area contributed by atoms with Gasteiger partial charge >= 0.3 is 5.76 Å². The fourth-order valence-electron chi connectivity index (χ4n) is 4.88. The first-order chi connectivity index (χ1) is 17.2. The van der Waals surface area contributed by atoms with Crippen LogP contribution in [0, 0.1) is 0 Å². The molecule has 0 aliphatic carbocycles. The van der Waals surface area contributed by atoms with E-state index in [1.54, 1.807) is 0 Å². The first kappa shape index (κ1) is 27.2. The van der Waals surface area contributed by atoms with E-state index in [9.17, 15) is 9.59 Å². The number of aromatic amines is 1. The van der Waals surface area contributed by atoms with Crippen molar-refractivity contribution in [2.45, 2.75) is 90.4 Å². The van der Waals surface area contributed by atoms with Crippen LogP contribution >= 0.6 is 0 Å². The van der Waals surface area contributed by atoms with E-state index in [4.69, 9.17) is 0 Å². The van der Waals surface area contributed by atoms with Gasteiger partial charge in [0.25, 0.3) is 5.91 Å². The second-order valence-electron chi connectivity index (χ2n) is 9.94. The summed E-state index contributed by atoms with van der Waals surface area (Å²) in [5.74, 6) is -0.0230. The summed E-state index contributed by atoms with van der Waals surface area (Å²) in [6, 6.07) is 7.55. The monoisotopic (exact) mass is 484 g/mol. The molecule has 3 rings (SSSR count). The lowest BCUT2D eigenvalue weighted by atomic mass is 10.1. The van der Waals surface area contributed by atoms with Gasteiger partial charge in [-0.25, -0.2) is 4.79 Å². The summed E-state index contributed by atoms with van der Waals surface area (Å²) in [6.07, 6.45) is 17.0. The zero-order valence-corrected chi connectivity index (χ0v) is 21.6. The van der Waals surface area contributed by atoms with Crippen molar-refractivity contribution >= 4 is 5.91 Å². The maximum absolute atomic E-state index is 13.0. The Morgan fingerprint density at radius 3 is 2.14 bits per heavy atom. The van der Waals surface area contributed by atoms with Crippen LogP contribution in [0.3, 0.4) is 0 Å². The van der Waals surface area contributed by atoms with E-state index in [2.05, 4.69) is 26.5 Å². The highest BCUT2D eigenvalue weighted by Gasteiger charge is 2.22. The molecule has 0 unspecified atom stereocenters. The molecule has 0 bridgehead atoms. The number of amides is 1. The van der Waals surface area contributed by atoms with Crippen molar-refractivity contribution in [2.24, 2.45) is 0 Å². The molecule has 1 aliphatic heterocycles. The molecule has 7 nitrogen and oxygen atoms in total. The lowest BCUT2D eigenvalue weighted by Gasteiger charge is -2.34. The normalized spacial score (nSPS) is 14.5. The molecule has 0 saturated carbocycles. The van der Waals surface area contributed by atoms with Crippen molar-refractivity contribution in [2.75, 3.05) is 32.7 Å². The van der Waals surface area contributed by atoms with Crippen LogP contribution in [0.2, 0.25) is 0 Å². The van der Waals surface area contributed by atoms with E-state index in [1.807, 2.05) is 29.2 Å². The number of aromatic nitrogens is 2. The summed E-state index contributed by atoms with van der Waals surface area (Å²) in [5, 5.41) is 3.70. The number of nitrogens with one attached hydrogen (secondary N) is 1. The Morgan fingerprint density at radius 2 is 1.54 bits per heavy atom. The zero-order chi connectivity index (χ0) is 24.7. The standard InChI is InChI=1S/C28H44N4O3/c1-2-3-4-5-6-7-8-9-10-11-12-13-17-31-18-20-32(21-19-31)27(33)25-16-14-15-24(22-25)23-26-29-28(34)35-30-26/h14-16,22H,2-13,17-21,23H2,1H3,(H,29,30,34). The molecule has 1 aromatic heterocycles. The summed E-state index contributed by atoms with van der Waals surface area (Å²) in [6.45, 7) is 6.87. The summed E-state index contributed by atoms with van der Waals surface area (Å²) in [4.78, 5) is 31.1. The van der Waals surface area contributed by atoms with Crippen molar-refractivity contribution in [1.29, 1.82) is 0 Å². The zero-order valence-electron chi connectivity index (χ0n) is 21.6. The number of unbranched alkanes of at least 4 members (excludes halogenated alkanes) is 11. The number of piperazine rings is 1. The maximum Gasteiger partial charge on any atom is 0.438 e. The molecule has 1 aliphatic rings. The van der Waals surface area contributed by atoms with E-state index in [0.717, 1.165) is 38.3 Å². The van der Waals surface area contributed by atoms with Gasteiger partial charge in [0, 0.05) is 38.2 Å². The van der Waals surface area contributed by atoms with Gasteiger partial charge < -0.3 is 4.90 Å². The molecule has 0 radical (unpaired) electrons. The Balaban J connectivity index is 1.25. The number of hydrogen-bond acceptors (Lipinski definition) is 5. The fourth-order valence-corrected chi connectivity index (χ4v) is 4.88. The molecule has 35 heavy (non-hydrogen) atoms. The molecule has 2 heterocycles. The third-order valence-electron chi connectivity index (χ3n) is 7.02. The molecular weight excluding hydrogens is 440 g/mol. The van der Waals surface area contributed by atoms with Gasteiger partial charge in [-0.1, -0.05) is 94.8 Å². The maximum atomic E-state index is 13.0. The van der Waals surface area contributed by atoms with Gasteiger partial charge in [0.2, 0.25) is 0 Å². The lowest BCUT2D eigenvalue weighted by Crippen LogP contribution is -2.48. The van der Waals surface area contributed by atoms with Gasteiger partial charge in [-0.3, -0.25) is 19.2 Å². The minimum absolute atomic E-state index is 0.0745. The molecule has 1 fully saturated rings. The third kappa shape index (κ3) is 10.0. The van der Waals surface area contributed by atoms with Gasteiger partial charge in [-0.15, -0.1) is 0 Å². The number of carbonyl (C=O) groups is 1. The lowest BCUT2D eigenvalue weighted by molar-refractivity contribution is 0.0635.